The van der Waals surface area contributed by atoms with E-state index in [2.05, 4.69) is 6.92 Å². The Bertz CT molecular complexity index is 303. The molecule has 1 aliphatic rings. The van der Waals surface area contributed by atoms with Crippen molar-refractivity contribution >= 4 is 0 Å². The molecule has 81 valence electrons. The van der Waals surface area contributed by atoms with Crippen molar-refractivity contribution in [3.8, 4) is 5.75 Å². The van der Waals surface area contributed by atoms with Crippen LogP contribution >= 0.6 is 0 Å². The molecule has 1 fully saturated rings. The summed E-state index contributed by atoms with van der Waals surface area (Å²) in [6.07, 6.45) is 5.33. The highest BCUT2D eigenvalue weighted by Gasteiger charge is 2.15. The van der Waals surface area contributed by atoms with Crippen LogP contribution in [-0.4, -0.2) is 12.9 Å². The molecule has 1 aromatic carbocycles. The van der Waals surface area contributed by atoms with Crippen molar-refractivity contribution in [2.24, 2.45) is 0 Å². The van der Waals surface area contributed by atoms with Crippen LogP contribution in [0.25, 0.3) is 0 Å². The van der Waals surface area contributed by atoms with E-state index in [4.69, 9.17) is 9.47 Å². The van der Waals surface area contributed by atoms with Gasteiger partial charge in [0, 0.05) is 0 Å². The second-order valence-electron chi connectivity index (χ2n) is 3.94. The summed E-state index contributed by atoms with van der Waals surface area (Å²) in [5, 5.41) is 0. The van der Waals surface area contributed by atoms with Crippen LogP contribution in [0, 0.1) is 6.92 Å². The van der Waals surface area contributed by atoms with E-state index in [1.54, 1.807) is 0 Å². The Morgan fingerprint density at radius 3 is 2.67 bits per heavy atom. The summed E-state index contributed by atoms with van der Waals surface area (Å²) >= 11 is 0. The van der Waals surface area contributed by atoms with Crippen LogP contribution in [0.5, 0.6) is 5.75 Å². The van der Waals surface area contributed by atoms with Gasteiger partial charge in [-0.1, -0.05) is 31.0 Å². The molecule has 15 heavy (non-hydrogen) atoms. The molecule has 2 nitrogen and oxygen atoms in total. The lowest BCUT2D eigenvalue weighted by molar-refractivity contribution is -0.0326. The topological polar surface area (TPSA) is 18.5 Å². The fourth-order valence-corrected chi connectivity index (χ4v) is 1.89. The second kappa shape index (κ2) is 5.17. The zero-order valence-corrected chi connectivity index (χ0v) is 8.95. The molecule has 1 radical (unpaired) electrons. The molecule has 0 heterocycles. The van der Waals surface area contributed by atoms with Crippen LogP contribution in [0.4, 0.5) is 0 Å². The predicted molar refractivity (Wildman–Crippen MR) is 59.7 cm³/mol. The monoisotopic (exact) mass is 205 g/mol. The van der Waals surface area contributed by atoms with Crippen LogP contribution in [0.3, 0.4) is 0 Å². The Balaban J connectivity index is 1.75. The maximum Gasteiger partial charge on any atom is 0.189 e. The predicted octanol–water partition coefficient (Wildman–Crippen LogP) is 3.16. The molecule has 0 bridgehead atoms. The Morgan fingerprint density at radius 1 is 1.20 bits per heavy atom. The zero-order chi connectivity index (χ0) is 10.5. The highest BCUT2D eigenvalue weighted by molar-refractivity contribution is 5.35. The Labute approximate surface area is 91.2 Å². The Kier molecular flexibility index (Phi) is 3.62. The maximum atomic E-state index is 5.61. The van der Waals surface area contributed by atoms with E-state index in [0.717, 1.165) is 11.3 Å². The van der Waals surface area contributed by atoms with Gasteiger partial charge in [0.1, 0.15) is 5.75 Å². The minimum atomic E-state index is 0.344. The number of hydrogen-bond donors (Lipinski definition) is 0. The first-order valence-electron chi connectivity index (χ1n) is 5.51. The molecular weight excluding hydrogens is 188 g/mol. The van der Waals surface area contributed by atoms with E-state index in [1.165, 1.54) is 25.7 Å². The molecule has 0 unspecified atom stereocenters. The molecule has 0 amide bonds. The Hall–Kier alpha value is -1.02. The lowest BCUT2D eigenvalue weighted by atomic mass is 10.2. The minimum Gasteiger partial charge on any atom is -0.467 e. The standard InChI is InChI=1S/C13H17O2/c1-11-6-2-5-9-13(11)15-10-14-12-7-3-4-8-12/h2,5-6,9,12H,1,3-4,7-8,10H2. The summed E-state index contributed by atoms with van der Waals surface area (Å²) < 4.78 is 11.1. The van der Waals surface area contributed by atoms with Crippen molar-refractivity contribution in [2.75, 3.05) is 6.79 Å². The summed E-state index contributed by atoms with van der Waals surface area (Å²) in [7, 11) is 0. The molecule has 0 spiro atoms. The molecule has 1 aliphatic carbocycles. The molecule has 0 atom stereocenters. The van der Waals surface area contributed by atoms with Crippen LogP contribution in [0.1, 0.15) is 31.2 Å². The van der Waals surface area contributed by atoms with Gasteiger partial charge in [-0.25, -0.2) is 0 Å². The van der Waals surface area contributed by atoms with Crippen LogP contribution in [0.2, 0.25) is 0 Å². The highest BCUT2D eigenvalue weighted by atomic mass is 16.7. The third-order valence-electron chi connectivity index (χ3n) is 2.79. The molecule has 0 N–H and O–H groups in total. The van der Waals surface area contributed by atoms with E-state index in [0.29, 0.717) is 12.9 Å². The number of rotatable bonds is 4. The van der Waals surface area contributed by atoms with Gasteiger partial charge < -0.3 is 9.47 Å². The summed E-state index contributed by atoms with van der Waals surface area (Å²) in [6.45, 7) is 4.23. The first-order valence-corrected chi connectivity index (χ1v) is 5.51. The fourth-order valence-electron chi connectivity index (χ4n) is 1.89. The quantitative estimate of drug-likeness (QED) is 0.703. The first kappa shape index (κ1) is 10.5. The van der Waals surface area contributed by atoms with Gasteiger partial charge in [-0.05, 0) is 31.4 Å². The van der Waals surface area contributed by atoms with Crippen molar-refractivity contribution in [2.45, 2.75) is 31.8 Å². The van der Waals surface area contributed by atoms with Crippen LogP contribution in [0.15, 0.2) is 24.3 Å². The highest BCUT2D eigenvalue weighted by Crippen LogP contribution is 2.21. The number of para-hydroxylation sites is 1. The molecule has 1 aromatic rings. The molecule has 2 rings (SSSR count). The molecule has 1 saturated carbocycles. The molecular formula is C13H17O2. The molecule has 0 saturated heterocycles. The summed E-state index contributed by atoms with van der Waals surface area (Å²) in [6, 6.07) is 7.75. The third-order valence-corrected chi connectivity index (χ3v) is 2.79. The summed E-state index contributed by atoms with van der Waals surface area (Å²) in [4.78, 5) is 0. The molecule has 0 aliphatic heterocycles. The largest absolute Gasteiger partial charge is 0.467 e. The van der Waals surface area contributed by atoms with Crippen LogP contribution < -0.4 is 4.74 Å². The van der Waals surface area contributed by atoms with Gasteiger partial charge in [0.2, 0.25) is 0 Å². The fraction of sp³-hybridized carbons (Fsp3) is 0.462. The van der Waals surface area contributed by atoms with Gasteiger partial charge in [0.25, 0.3) is 0 Å². The number of benzene rings is 1. The van der Waals surface area contributed by atoms with E-state index in [9.17, 15) is 0 Å². The van der Waals surface area contributed by atoms with Crippen molar-refractivity contribution in [3.63, 3.8) is 0 Å². The van der Waals surface area contributed by atoms with E-state index in [1.807, 2.05) is 24.3 Å². The SMILES string of the molecule is [CH2]c1ccccc1OCOC1CCCC1. The van der Waals surface area contributed by atoms with Gasteiger partial charge in [-0.15, -0.1) is 0 Å². The lowest BCUT2D eigenvalue weighted by Gasteiger charge is -2.13. The van der Waals surface area contributed by atoms with E-state index >= 15 is 0 Å². The lowest BCUT2D eigenvalue weighted by Crippen LogP contribution is -2.12. The van der Waals surface area contributed by atoms with Gasteiger partial charge in [0.05, 0.1) is 6.10 Å². The van der Waals surface area contributed by atoms with E-state index in [-0.39, 0.29) is 0 Å². The minimum absolute atomic E-state index is 0.344. The number of ether oxygens (including phenoxy) is 2. The average molecular weight is 205 g/mol. The van der Waals surface area contributed by atoms with Crippen LogP contribution in [-0.2, 0) is 4.74 Å². The Morgan fingerprint density at radius 2 is 1.93 bits per heavy atom. The van der Waals surface area contributed by atoms with Crippen molar-refractivity contribution in [3.05, 3.63) is 36.8 Å². The first-order chi connectivity index (χ1) is 7.36. The average Bonchev–Trinajstić information content (AvgIpc) is 2.74. The number of hydrogen-bond acceptors (Lipinski definition) is 2. The normalized spacial score (nSPS) is 16.9. The molecule has 2 heteroatoms. The van der Waals surface area contributed by atoms with E-state index < -0.39 is 0 Å². The van der Waals surface area contributed by atoms with Gasteiger partial charge in [0.15, 0.2) is 6.79 Å². The van der Waals surface area contributed by atoms with Gasteiger partial charge in [-0.3, -0.25) is 0 Å². The second-order valence-corrected chi connectivity index (χ2v) is 3.94. The van der Waals surface area contributed by atoms with Crippen molar-refractivity contribution in [1.29, 1.82) is 0 Å². The summed E-state index contributed by atoms with van der Waals surface area (Å²) in [5.41, 5.74) is 0.910. The van der Waals surface area contributed by atoms with Gasteiger partial charge >= 0.3 is 0 Å². The molecule has 0 aromatic heterocycles. The summed E-state index contributed by atoms with van der Waals surface area (Å²) in [5.74, 6) is 0.815. The zero-order valence-electron chi connectivity index (χ0n) is 8.95. The third kappa shape index (κ3) is 2.96. The van der Waals surface area contributed by atoms with Crippen molar-refractivity contribution in [1.82, 2.24) is 0 Å². The maximum absolute atomic E-state index is 5.61. The van der Waals surface area contributed by atoms with Gasteiger partial charge in [-0.2, -0.15) is 0 Å². The van der Waals surface area contributed by atoms with Crippen molar-refractivity contribution < 1.29 is 9.47 Å². The smallest absolute Gasteiger partial charge is 0.189 e.